The predicted octanol–water partition coefficient (Wildman–Crippen LogP) is 2.19. The van der Waals surface area contributed by atoms with Crippen LogP contribution in [0.1, 0.15) is 41.0 Å². The third-order valence-electron chi connectivity index (χ3n) is 4.08. The van der Waals surface area contributed by atoms with Crippen LogP contribution < -0.4 is 0 Å². The molecule has 1 atom stereocenters. The normalized spacial score (nSPS) is 26.9. The van der Waals surface area contributed by atoms with Crippen molar-refractivity contribution >= 4 is 23.6 Å². The Morgan fingerprint density at radius 2 is 1.85 bits per heavy atom. The third kappa shape index (κ3) is 2.69. The maximum atomic E-state index is 12.6. The van der Waals surface area contributed by atoms with Gasteiger partial charge in [-0.2, -0.15) is 0 Å². The van der Waals surface area contributed by atoms with Crippen LogP contribution in [0.25, 0.3) is 0 Å². The molecule has 0 saturated carbocycles. The lowest BCUT2D eigenvalue weighted by molar-refractivity contribution is -0.142. The molecule has 2 heterocycles. The summed E-state index contributed by atoms with van der Waals surface area (Å²) < 4.78 is 0. The number of thioether (sulfide) groups is 1. The maximum absolute atomic E-state index is 12.6. The summed E-state index contributed by atoms with van der Waals surface area (Å²) in [5.74, 6) is 1.42. The zero-order valence-electron chi connectivity index (χ0n) is 13.2. The molecule has 2 saturated heterocycles. The second kappa shape index (κ2) is 5.24. The van der Waals surface area contributed by atoms with Gasteiger partial charge >= 0.3 is 0 Å². The highest BCUT2D eigenvalue weighted by Crippen LogP contribution is 2.44. The van der Waals surface area contributed by atoms with Crippen molar-refractivity contribution in [3.63, 3.8) is 0 Å². The van der Waals surface area contributed by atoms with Gasteiger partial charge in [-0.3, -0.25) is 9.59 Å². The van der Waals surface area contributed by atoms with E-state index in [1.807, 2.05) is 56.2 Å². The van der Waals surface area contributed by atoms with E-state index in [4.69, 9.17) is 0 Å². The van der Waals surface area contributed by atoms with Gasteiger partial charge in [-0.25, -0.2) is 0 Å². The smallest absolute Gasteiger partial charge is 0.229 e. The monoisotopic (exact) mass is 298 g/mol. The fraction of sp³-hybridized carbons (Fsp3) is 0.867. The topological polar surface area (TPSA) is 40.6 Å². The van der Waals surface area contributed by atoms with Crippen LogP contribution in [-0.4, -0.2) is 51.9 Å². The van der Waals surface area contributed by atoms with Gasteiger partial charge in [0.15, 0.2) is 0 Å². The quantitative estimate of drug-likeness (QED) is 0.745. The molecule has 2 amide bonds. The van der Waals surface area contributed by atoms with Crippen LogP contribution in [0.4, 0.5) is 0 Å². The first kappa shape index (κ1) is 15.7. The van der Waals surface area contributed by atoms with Crippen LogP contribution in [0.3, 0.4) is 0 Å². The van der Waals surface area contributed by atoms with E-state index in [-0.39, 0.29) is 28.0 Å². The first-order chi connectivity index (χ1) is 9.17. The standard InChI is InChI=1S/C15H26N2O2S/c1-11(2)12(18)16-7-6-15(10-16)17(8-9-20-15)13(19)14(3,4)5/h11H,6-10H2,1-5H3. The van der Waals surface area contributed by atoms with Crippen LogP contribution in [0, 0.1) is 11.3 Å². The van der Waals surface area contributed by atoms with Gasteiger partial charge in [-0.1, -0.05) is 34.6 Å². The second-order valence-corrected chi connectivity index (χ2v) is 8.62. The van der Waals surface area contributed by atoms with E-state index < -0.39 is 0 Å². The van der Waals surface area contributed by atoms with Gasteiger partial charge < -0.3 is 9.80 Å². The molecule has 5 heteroatoms. The van der Waals surface area contributed by atoms with Crippen molar-refractivity contribution in [3.8, 4) is 0 Å². The molecular formula is C15H26N2O2S. The summed E-state index contributed by atoms with van der Waals surface area (Å²) in [7, 11) is 0. The van der Waals surface area contributed by atoms with E-state index in [1.54, 1.807) is 0 Å². The molecule has 0 aromatic rings. The molecule has 4 nitrogen and oxygen atoms in total. The summed E-state index contributed by atoms with van der Waals surface area (Å²) in [6.45, 7) is 12.1. The number of rotatable bonds is 1. The average molecular weight is 298 g/mol. The lowest BCUT2D eigenvalue weighted by Crippen LogP contribution is -2.51. The van der Waals surface area contributed by atoms with E-state index >= 15 is 0 Å². The zero-order chi connectivity index (χ0) is 15.1. The molecule has 2 rings (SSSR count). The summed E-state index contributed by atoms with van der Waals surface area (Å²) in [6.07, 6.45) is 0.901. The Balaban J connectivity index is 2.15. The molecular weight excluding hydrogens is 272 g/mol. The number of carbonyl (C=O) groups is 2. The molecule has 1 unspecified atom stereocenters. The molecule has 0 aromatic carbocycles. The number of hydrogen-bond acceptors (Lipinski definition) is 3. The fourth-order valence-electron chi connectivity index (χ4n) is 2.96. The number of hydrogen-bond donors (Lipinski definition) is 0. The van der Waals surface area contributed by atoms with Gasteiger partial charge in [0, 0.05) is 30.2 Å². The van der Waals surface area contributed by atoms with Crippen molar-refractivity contribution < 1.29 is 9.59 Å². The molecule has 114 valence electrons. The van der Waals surface area contributed by atoms with Crippen molar-refractivity contribution in [2.75, 3.05) is 25.4 Å². The molecule has 0 aliphatic carbocycles. The molecule has 2 fully saturated rings. The van der Waals surface area contributed by atoms with Crippen molar-refractivity contribution in [2.24, 2.45) is 11.3 Å². The third-order valence-corrected chi connectivity index (χ3v) is 5.56. The minimum atomic E-state index is -0.354. The Kier molecular flexibility index (Phi) is 4.11. The number of amides is 2. The molecule has 0 aromatic heterocycles. The van der Waals surface area contributed by atoms with Gasteiger partial charge in [-0.15, -0.1) is 11.8 Å². The van der Waals surface area contributed by atoms with E-state index in [2.05, 4.69) is 0 Å². The lowest BCUT2D eigenvalue weighted by atomic mass is 9.93. The number of carbonyl (C=O) groups excluding carboxylic acids is 2. The SMILES string of the molecule is CC(C)C(=O)N1CCC2(C1)SCCN2C(=O)C(C)(C)C. The Hall–Kier alpha value is -0.710. The highest BCUT2D eigenvalue weighted by molar-refractivity contribution is 8.00. The fourth-order valence-corrected chi connectivity index (χ4v) is 4.42. The molecule has 0 radical (unpaired) electrons. The first-order valence-electron chi connectivity index (χ1n) is 7.42. The van der Waals surface area contributed by atoms with Gasteiger partial charge in [0.2, 0.25) is 11.8 Å². The van der Waals surface area contributed by atoms with Crippen molar-refractivity contribution in [2.45, 2.75) is 45.9 Å². The van der Waals surface area contributed by atoms with Crippen LogP contribution in [0.15, 0.2) is 0 Å². The van der Waals surface area contributed by atoms with Crippen LogP contribution in [0.2, 0.25) is 0 Å². The first-order valence-corrected chi connectivity index (χ1v) is 8.41. The molecule has 20 heavy (non-hydrogen) atoms. The summed E-state index contributed by atoms with van der Waals surface area (Å²) in [5, 5.41) is 0. The average Bonchev–Trinajstić information content (AvgIpc) is 2.94. The van der Waals surface area contributed by atoms with E-state index in [1.165, 1.54) is 0 Å². The Bertz CT molecular complexity index is 417. The highest BCUT2D eigenvalue weighted by atomic mass is 32.2. The van der Waals surface area contributed by atoms with Gasteiger partial charge in [-0.05, 0) is 6.42 Å². The van der Waals surface area contributed by atoms with E-state index in [0.717, 1.165) is 25.3 Å². The maximum Gasteiger partial charge on any atom is 0.229 e. The predicted molar refractivity (Wildman–Crippen MR) is 82.4 cm³/mol. The lowest BCUT2D eigenvalue weighted by Gasteiger charge is -2.37. The second-order valence-electron chi connectivity index (χ2n) is 7.17. The van der Waals surface area contributed by atoms with Crippen molar-refractivity contribution in [3.05, 3.63) is 0 Å². The van der Waals surface area contributed by atoms with E-state index in [0.29, 0.717) is 6.54 Å². The molecule has 2 aliphatic rings. The number of nitrogens with zero attached hydrogens (tertiary/aromatic N) is 2. The van der Waals surface area contributed by atoms with E-state index in [9.17, 15) is 9.59 Å². The van der Waals surface area contributed by atoms with Gasteiger partial charge in [0.1, 0.15) is 4.87 Å². The van der Waals surface area contributed by atoms with Crippen LogP contribution in [0.5, 0.6) is 0 Å². The largest absolute Gasteiger partial charge is 0.339 e. The van der Waals surface area contributed by atoms with Gasteiger partial charge in [0.25, 0.3) is 0 Å². The van der Waals surface area contributed by atoms with Crippen LogP contribution in [-0.2, 0) is 9.59 Å². The molecule has 0 bridgehead atoms. The van der Waals surface area contributed by atoms with Crippen LogP contribution >= 0.6 is 11.8 Å². The Morgan fingerprint density at radius 1 is 1.20 bits per heavy atom. The number of likely N-dealkylation sites (tertiary alicyclic amines) is 1. The summed E-state index contributed by atoms with van der Waals surface area (Å²) in [6, 6.07) is 0. The Morgan fingerprint density at radius 3 is 2.40 bits per heavy atom. The highest BCUT2D eigenvalue weighted by Gasteiger charge is 2.51. The minimum Gasteiger partial charge on any atom is -0.339 e. The Labute approximate surface area is 126 Å². The molecule has 1 spiro atoms. The summed E-state index contributed by atoms with van der Waals surface area (Å²) >= 11 is 1.85. The summed E-state index contributed by atoms with van der Waals surface area (Å²) in [5.41, 5.74) is -0.354. The minimum absolute atomic E-state index is 0.0309. The molecule has 2 aliphatic heterocycles. The zero-order valence-corrected chi connectivity index (χ0v) is 14.0. The summed E-state index contributed by atoms with van der Waals surface area (Å²) in [4.78, 5) is 28.6. The van der Waals surface area contributed by atoms with Crippen molar-refractivity contribution in [1.29, 1.82) is 0 Å². The van der Waals surface area contributed by atoms with Crippen molar-refractivity contribution in [1.82, 2.24) is 9.80 Å². The molecule has 0 N–H and O–H groups in total. The van der Waals surface area contributed by atoms with Gasteiger partial charge in [0.05, 0.1) is 6.54 Å².